The van der Waals surface area contributed by atoms with Crippen LogP contribution in [0.3, 0.4) is 0 Å². The molecule has 1 saturated carbocycles. The number of nitrogens with zero attached hydrogens (tertiary/aromatic N) is 3. The Morgan fingerprint density at radius 3 is 2.54 bits per heavy atom. The SMILES string of the molecule is O=C(NC1CC1)c1ccc(N2CCN(C(=O)CCc3nc4c(Cl)cccc4c(=O)[nH]3)CC2)c(Cl)c1. The largest absolute Gasteiger partial charge is 0.367 e. The van der Waals surface area contributed by atoms with E-state index in [9.17, 15) is 14.4 Å². The van der Waals surface area contributed by atoms with E-state index in [-0.39, 0.29) is 23.8 Å². The number of rotatable bonds is 6. The van der Waals surface area contributed by atoms with Crippen LogP contribution in [0.2, 0.25) is 10.0 Å². The number of halogens is 2. The van der Waals surface area contributed by atoms with Gasteiger partial charge in [-0.15, -0.1) is 0 Å². The summed E-state index contributed by atoms with van der Waals surface area (Å²) in [5.41, 5.74) is 1.60. The fourth-order valence-electron chi connectivity index (χ4n) is 4.27. The molecule has 0 atom stereocenters. The molecule has 2 fully saturated rings. The Balaban J connectivity index is 1.16. The number of aromatic amines is 1. The lowest BCUT2D eigenvalue weighted by Crippen LogP contribution is -2.49. The van der Waals surface area contributed by atoms with Crippen LogP contribution in [0.25, 0.3) is 10.9 Å². The Labute approximate surface area is 212 Å². The fraction of sp³-hybridized carbons (Fsp3) is 0.360. The lowest BCUT2D eigenvalue weighted by Gasteiger charge is -2.36. The van der Waals surface area contributed by atoms with Gasteiger partial charge in [-0.05, 0) is 43.2 Å². The number of hydrogen-bond donors (Lipinski definition) is 2. The van der Waals surface area contributed by atoms with E-state index in [1.54, 1.807) is 30.3 Å². The number of para-hydroxylation sites is 1. The van der Waals surface area contributed by atoms with Crippen LogP contribution < -0.4 is 15.8 Å². The lowest BCUT2D eigenvalue weighted by molar-refractivity contribution is -0.131. The maximum absolute atomic E-state index is 12.8. The highest BCUT2D eigenvalue weighted by molar-refractivity contribution is 6.35. The van der Waals surface area contributed by atoms with Crippen molar-refractivity contribution in [3.05, 3.63) is 68.2 Å². The predicted octanol–water partition coefficient (Wildman–Crippen LogP) is 3.40. The van der Waals surface area contributed by atoms with Gasteiger partial charge in [0.25, 0.3) is 11.5 Å². The van der Waals surface area contributed by atoms with Crippen molar-refractivity contribution in [3.63, 3.8) is 0 Å². The molecule has 0 spiro atoms. The third kappa shape index (κ3) is 5.28. The van der Waals surface area contributed by atoms with Crippen molar-refractivity contribution in [2.75, 3.05) is 31.1 Å². The number of amides is 2. The summed E-state index contributed by atoms with van der Waals surface area (Å²) in [7, 11) is 0. The first-order valence-corrected chi connectivity index (χ1v) is 12.4. The second-order valence-corrected chi connectivity index (χ2v) is 9.74. The highest BCUT2D eigenvalue weighted by Gasteiger charge is 2.25. The summed E-state index contributed by atoms with van der Waals surface area (Å²) in [5.74, 6) is 0.353. The predicted molar refractivity (Wildman–Crippen MR) is 136 cm³/mol. The minimum atomic E-state index is -0.263. The summed E-state index contributed by atoms with van der Waals surface area (Å²) in [5, 5.41) is 4.33. The van der Waals surface area contributed by atoms with Crippen molar-refractivity contribution in [3.8, 4) is 0 Å². The Morgan fingerprint density at radius 1 is 1.06 bits per heavy atom. The average Bonchev–Trinajstić information content (AvgIpc) is 3.67. The smallest absolute Gasteiger partial charge is 0.258 e. The van der Waals surface area contributed by atoms with E-state index in [1.165, 1.54) is 0 Å². The van der Waals surface area contributed by atoms with Crippen LogP contribution in [0.15, 0.2) is 41.2 Å². The number of anilines is 1. The minimum absolute atomic E-state index is 0.00439. The van der Waals surface area contributed by atoms with Gasteiger partial charge in [-0.2, -0.15) is 0 Å². The molecule has 2 amide bonds. The molecule has 0 radical (unpaired) electrons. The highest BCUT2D eigenvalue weighted by Crippen LogP contribution is 2.29. The lowest BCUT2D eigenvalue weighted by atomic mass is 10.1. The van der Waals surface area contributed by atoms with Gasteiger partial charge in [-0.3, -0.25) is 14.4 Å². The van der Waals surface area contributed by atoms with Gasteiger partial charge in [0.15, 0.2) is 0 Å². The number of piperazine rings is 1. The van der Waals surface area contributed by atoms with E-state index in [0.29, 0.717) is 71.0 Å². The van der Waals surface area contributed by atoms with E-state index in [1.807, 2.05) is 11.0 Å². The number of carbonyl (C=O) groups is 2. The fourth-order valence-corrected chi connectivity index (χ4v) is 4.79. The Morgan fingerprint density at radius 2 is 1.83 bits per heavy atom. The van der Waals surface area contributed by atoms with Crippen LogP contribution in [0, 0.1) is 0 Å². The van der Waals surface area contributed by atoms with Gasteiger partial charge in [0, 0.05) is 50.6 Å². The second kappa shape index (κ2) is 9.87. The zero-order chi connectivity index (χ0) is 24.5. The minimum Gasteiger partial charge on any atom is -0.367 e. The number of nitrogens with one attached hydrogen (secondary N) is 2. The highest BCUT2D eigenvalue weighted by atomic mass is 35.5. The molecule has 1 aromatic heterocycles. The van der Waals surface area contributed by atoms with E-state index in [4.69, 9.17) is 23.2 Å². The van der Waals surface area contributed by atoms with Crippen molar-refractivity contribution < 1.29 is 9.59 Å². The molecule has 0 bridgehead atoms. The zero-order valence-electron chi connectivity index (χ0n) is 19.0. The summed E-state index contributed by atoms with van der Waals surface area (Å²) in [6.45, 7) is 2.40. The molecule has 2 heterocycles. The molecule has 10 heteroatoms. The number of aromatic nitrogens is 2. The normalized spacial score (nSPS) is 15.9. The molecular weight excluding hydrogens is 489 g/mol. The third-order valence-electron chi connectivity index (χ3n) is 6.41. The summed E-state index contributed by atoms with van der Waals surface area (Å²) >= 11 is 12.7. The molecule has 8 nitrogen and oxygen atoms in total. The van der Waals surface area contributed by atoms with Crippen LogP contribution in [0.5, 0.6) is 0 Å². The number of hydrogen-bond acceptors (Lipinski definition) is 5. The van der Waals surface area contributed by atoms with Crippen LogP contribution in [-0.4, -0.2) is 58.9 Å². The topological polar surface area (TPSA) is 98.4 Å². The first kappa shape index (κ1) is 23.6. The van der Waals surface area contributed by atoms with Crippen molar-refractivity contribution in [2.24, 2.45) is 0 Å². The molecule has 0 unspecified atom stereocenters. The van der Waals surface area contributed by atoms with Crippen molar-refractivity contribution in [1.29, 1.82) is 0 Å². The standard InChI is InChI=1S/C25H25Cl2N5O3/c26-18-3-1-2-17-23(18)29-21(30-25(17)35)8-9-22(33)32-12-10-31(11-13-32)20-7-4-15(14-19(20)27)24(34)28-16-5-6-16/h1-4,7,14,16H,5-6,8-13H2,(H,28,34)(H,29,30,35). The Hall–Kier alpha value is -3.10. The van der Waals surface area contributed by atoms with E-state index in [0.717, 1.165) is 18.5 Å². The maximum Gasteiger partial charge on any atom is 0.258 e. The van der Waals surface area contributed by atoms with Gasteiger partial charge in [0.2, 0.25) is 5.91 Å². The molecule has 1 aliphatic heterocycles. The average molecular weight is 514 g/mol. The van der Waals surface area contributed by atoms with Crippen LogP contribution in [0.4, 0.5) is 5.69 Å². The number of benzene rings is 2. The summed E-state index contributed by atoms with van der Waals surface area (Å²) in [4.78, 5) is 48.5. The summed E-state index contributed by atoms with van der Waals surface area (Å²) in [6, 6.07) is 10.7. The summed E-state index contributed by atoms with van der Waals surface area (Å²) < 4.78 is 0. The molecule has 2 aromatic carbocycles. The molecule has 1 saturated heterocycles. The number of aryl methyl sites for hydroxylation is 1. The van der Waals surface area contributed by atoms with E-state index < -0.39 is 0 Å². The van der Waals surface area contributed by atoms with Crippen molar-refractivity contribution >= 4 is 51.6 Å². The van der Waals surface area contributed by atoms with Gasteiger partial charge in [0.05, 0.1) is 26.6 Å². The molecule has 5 rings (SSSR count). The summed E-state index contributed by atoms with van der Waals surface area (Å²) in [6.07, 6.45) is 2.63. The number of carbonyl (C=O) groups excluding carboxylic acids is 2. The van der Waals surface area contributed by atoms with Gasteiger partial charge < -0.3 is 20.1 Å². The first-order chi connectivity index (χ1) is 16.9. The van der Waals surface area contributed by atoms with E-state index in [2.05, 4.69) is 20.2 Å². The second-order valence-electron chi connectivity index (χ2n) is 8.93. The quantitative estimate of drug-likeness (QED) is 0.526. The van der Waals surface area contributed by atoms with Gasteiger partial charge >= 0.3 is 0 Å². The molecular formula is C25H25Cl2N5O3. The van der Waals surface area contributed by atoms with Crippen LogP contribution >= 0.6 is 23.2 Å². The van der Waals surface area contributed by atoms with Crippen molar-refractivity contribution in [2.45, 2.75) is 31.7 Å². The van der Waals surface area contributed by atoms with Gasteiger partial charge in [0.1, 0.15) is 5.82 Å². The van der Waals surface area contributed by atoms with Gasteiger partial charge in [-0.25, -0.2) is 4.98 Å². The van der Waals surface area contributed by atoms with Crippen molar-refractivity contribution in [1.82, 2.24) is 20.2 Å². The van der Waals surface area contributed by atoms with Crippen LogP contribution in [-0.2, 0) is 11.2 Å². The first-order valence-electron chi connectivity index (χ1n) is 11.7. The Bertz CT molecular complexity index is 1350. The molecule has 2 N–H and O–H groups in total. The molecule has 3 aromatic rings. The number of H-pyrrole nitrogens is 1. The molecule has 35 heavy (non-hydrogen) atoms. The van der Waals surface area contributed by atoms with Crippen LogP contribution in [0.1, 0.15) is 35.4 Å². The number of fused-ring (bicyclic) bond motifs is 1. The Kier molecular flexibility index (Phi) is 6.67. The monoisotopic (exact) mass is 513 g/mol. The maximum atomic E-state index is 12.8. The molecule has 182 valence electrons. The van der Waals surface area contributed by atoms with Gasteiger partial charge in [-0.1, -0.05) is 29.3 Å². The molecule has 1 aliphatic carbocycles. The molecule has 2 aliphatic rings. The zero-order valence-corrected chi connectivity index (χ0v) is 20.5. The van der Waals surface area contributed by atoms with E-state index >= 15 is 0 Å². The third-order valence-corrected chi connectivity index (χ3v) is 7.01.